The summed E-state index contributed by atoms with van der Waals surface area (Å²) < 4.78 is 0. The Morgan fingerprint density at radius 1 is 0.810 bits per heavy atom. The molecule has 0 unspecified atom stereocenters. The van der Waals surface area contributed by atoms with Crippen LogP contribution in [-0.4, -0.2) is 5.88 Å². The van der Waals surface area contributed by atoms with E-state index < -0.39 is 0 Å². The molecular weight excluding hydrogens is 276 g/mol. The van der Waals surface area contributed by atoms with Crippen molar-refractivity contribution in [3.8, 4) is 0 Å². The van der Waals surface area contributed by atoms with Crippen molar-refractivity contribution in [3.63, 3.8) is 0 Å². The number of alkyl halides is 1. The van der Waals surface area contributed by atoms with Crippen LogP contribution in [0.3, 0.4) is 0 Å². The number of benzene rings is 4. The van der Waals surface area contributed by atoms with E-state index in [1.165, 1.54) is 37.9 Å². The lowest BCUT2D eigenvalue weighted by molar-refractivity contribution is 1.18. The molecule has 0 bridgehead atoms. The van der Waals surface area contributed by atoms with E-state index in [2.05, 4.69) is 61.2 Å². The van der Waals surface area contributed by atoms with Crippen LogP contribution in [0.4, 0.5) is 0 Å². The molecule has 0 aliphatic rings. The molecule has 0 spiro atoms. The molecule has 0 heterocycles. The monoisotopic (exact) mass is 290 g/mol. The lowest BCUT2D eigenvalue weighted by atomic mass is 9.90. The first-order valence-corrected chi connectivity index (χ1v) is 7.69. The molecule has 0 radical (unpaired) electrons. The van der Waals surface area contributed by atoms with Gasteiger partial charge < -0.3 is 0 Å². The highest BCUT2D eigenvalue weighted by atomic mass is 35.5. The van der Waals surface area contributed by atoms with Crippen LogP contribution in [0.1, 0.15) is 5.56 Å². The minimum absolute atomic E-state index is 0.516. The first kappa shape index (κ1) is 12.7. The fraction of sp³-hybridized carbons (Fsp3) is 0.100. The normalized spacial score (nSPS) is 11.7. The van der Waals surface area contributed by atoms with Crippen LogP contribution >= 0.6 is 11.6 Å². The minimum Gasteiger partial charge on any atom is -0.122 e. The van der Waals surface area contributed by atoms with Crippen LogP contribution in [0.25, 0.3) is 32.3 Å². The summed E-state index contributed by atoms with van der Waals surface area (Å²) in [6.45, 7) is 4.05. The van der Waals surface area contributed by atoms with Gasteiger partial charge in [0.25, 0.3) is 0 Å². The SMILES string of the molecule is C=C(CCl)Cc1ccc2ccc3cccc4ccc1c2c34. The highest BCUT2D eigenvalue weighted by Gasteiger charge is 2.10. The van der Waals surface area contributed by atoms with Gasteiger partial charge in [-0.3, -0.25) is 0 Å². The van der Waals surface area contributed by atoms with Gasteiger partial charge in [0.15, 0.2) is 0 Å². The third-order valence-electron chi connectivity index (χ3n) is 4.25. The van der Waals surface area contributed by atoms with E-state index >= 15 is 0 Å². The third kappa shape index (κ3) is 1.91. The second-order valence-corrected chi connectivity index (χ2v) is 5.91. The Kier molecular flexibility index (Phi) is 2.87. The summed E-state index contributed by atoms with van der Waals surface area (Å²) in [6, 6.07) is 19.8. The summed E-state index contributed by atoms with van der Waals surface area (Å²) in [4.78, 5) is 0. The van der Waals surface area contributed by atoms with Crippen LogP contribution in [0.2, 0.25) is 0 Å². The largest absolute Gasteiger partial charge is 0.122 e. The molecule has 0 aromatic heterocycles. The molecule has 0 saturated heterocycles. The molecule has 21 heavy (non-hydrogen) atoms. The zero-order valence-electron chi connectivity index (χ0n) is 11.7. The van der Waals surface area contributed by atoms with E-state index in [0.717, 1.165) is 12.0 Å². The Morgan fingerprint density at radius 2 is 1.43 bits per heavy atom. The average molecular weight is 291 g/mol. The third-order valence-corrected chi connectivity index (χ3v) is 4.63. The van der Waals surface area contributed by atoms with Crippen LogP contribution in [0.15, 0.2) is 66.7 Å². The highest BCUT2D eigenvalue weighted by molar-refractivity contribution is 6.23. The van der Waals surface area contributed by atoms with Gasteiger partial charge in [-0.1, -0.05) is 66.7 Å². The second kappa shape index (κ2) is 4.75. The number of rotatable bonds is 3. The number of hydrogen-bond acceptors (Lipinski definition) is 0. The van der Waals surface area contributed by atoms with Gasteiger partial charge in [-0.25, -0.2) is 0 Å². The van der Waals surface area contributed by atoms with E-state index in [1.54, 1.807) is 0 Å². The molecule has 102 valence electrons. The van der Waals surface area contributed by atoms with Gasteiger partial charge in [-0.15, -0.1) is 11.6 Å². The van der Waals surface area contributed by atoms with Gasteiger partial charge in [0, 0.05) is 5.88 Å². The number of allylic oxidation sites excluding steroid dienone is 1. The van der Waals surface area contributed by atoms with Crippen LogP contribution < -0.4 is 0 Å². The van der Waals surface area contributed by atoms with Gasteiger partial charge in [0.05, 0.1) is 0 Å². The molecule has 4 aromatic rings. The second-order valence-electron chi connectivity index (χ2n) is 5.64. The highest BCUT2D eigenvalue weighted by Crippen LogP contribution is 2.36. The Bertz CT molecular complexity index is 950. The van der Waals surface area contributed by atoms with Gasteiger partial charge in [0.1, 0.15) is 0 Å². The molecular formula is C20H15Cl. The quantitative estimate of drug-likeness (QED) is 0.249. The van der Waals surface area contributed by atoms with Crippen LogP contribution in [-0.2, 0) is 6.42 Å². The number of hydrogen-bond donors (Lipinski definition) is 0. The van der Waals surface area contributed by atoms with E-state index in [1.807, 2.05) is 0 Å². The summed E-state index contributed by atoms with van der Waals surface area (Å²) >= 11 is 5.91. The molecule has 0 aliphatic heterocycles. The molecule has 0 saturated carbocycles. The molecule has 1 heteroatoms. The van der Waals surface area contributed by atoms with Crippen LogP contribution in [0, 0.1) is 0 Å². The lowest BCUT2D eigenvalue weighted by Crippen LogP contribution is -1.93. The van der Waals surface area contributed by atoms with Gasteiger partial charge in [-0.2, -0.15) is 0 Å². The summed E-state index contributed by atoms with van der Waals surface area (Å²) in [7, 11) is 0. The molecule has 0 amide bonds. The minimum atomic E-state index is 0.516. The van der Waals surface area contributed by atoms with Crippen molar-refractivity contribution in [2.75, 3.05) is 5.88 Å². The van der Waals surface area contributed by atoms with Crippen molar-refractivity contribution in [1.29, 1.82) is 0 Å². The first-order chi connectivity index (χ1) is 10.3. The van der Waals surface area contributed by atoms with Crippen LogP contribution in [0.5, 0.6) is 0 Å². The molecule has 4 aromatic carbocycles. The van der Waals surface area contributed by atoms with Crippen molar-refractivity contribution in [2.24, 2.45) is 0 Å². The Hall–Kier alpha value is -2.05. The van der Waals surface area contributed by atoms with Crippen molar-refractivity contribution >= 4 is 43.9 Å². The molecule has 0 aliphatic carbocycles. The van der Waals surface area contributed by atoms with E-state index in [9.17, 15) is 0 Å². The molecule has 4 rings (SSSR count). The standard InChI is InChI=1S/C20H15Cl/c1-13(12-21)11-17-8-7-16-6-5-14-3-2-4-15-9-10-18(17)20(16)19(14)15/h2-10H,1,11-12H2. The Labute approximate surface area is 129 Å². The smallest absolute Gasteiger partial charge is 0.0434 e. The first-order valence-electron chi connectivity index (χ1n) is 7.16. The summed E-state index contributed by atoms with van der Waals surface area (Å²) in [6.07, 6.45) is 0.845. The van der Waals surface area contributed by atoms with Crippen molar-refractivity contribution in [2.45, 2.75) is 6.42 Å². The fourth-order valence-corrected chi connectivity index (χ4v) is 3.36. The molecule has 0 N–H and O–H groups in total. The summed E-state index contributed by atoms with van der Waals surface area (Å²) in [5, 5.41) is 7.96. The van der Waals surface area contributed by atoms with E-state index in [4.69, 9.17) is 11.6 Å². The van der Waals surface area contributed by atoms with Crippen molar-refractivity contribution in [3.05, 3.63) is 72.3 Å². The molecule has 0 fully saturated rings. The van der Waals surface area contributed by atoms with Gasteiger partial charge >= 0.3 is 0 Å². The zero-order chi connectivity index (χ0) is 14.4. The maximum Gasteiger partial charge on any atom is 0.0434 e. The predicted molar refractivity (Wildman–Crippen MR) is 93.7 cm³/mol. The maximum atomic E-state index is 5.91. The Morgan fingerprint density at radius 3 is 2.14 bits per heavy atom. The van der Waals surface area contributed by atoms with E-state index in [-0.39, 0.29) is 0 Å². The maximum absolute atomic E-state index is 5.91. The van der Waals surface area contributed by atoms with E-state index in [0.29, 0.717) is 5.88 Å². The number of halogens is 1. The zero-order valence-corrected chi connectivity index (χ0v) is 12.5. The summed E-state index contributed by atoms with van der Waals surface area (Å²) in [5.74, 6) is 0.516. The summed E-state index contributed by atoms with van der Waals surface area (Å²) in [5.41, 5.74) is 2.37. The predicted octanol–water partition coefficient (Wildman–Crippen LogP) is 5.92. The molecule has 0 nitrogen and oxygen atoms in total. The average Bonchev–Trinajstić information content (AvgIpc) is 2.53. The topological polar surface area (TPSA) is 0 Å². The fourth-order valence-electron chi connectivity index (χ4n) is 3.27. The lowest BCUT2D eigenvalue weighted by Gasteiger charge is -2.14. The van der Waals surface area contributed by atoms with Gasteiger partial charge in [-0.05, 0) is 44.3 Å². The van der Waals surface area contributed by atoms with Gasteiger partial charge in [0.2, 0.25) is 0 Å². The van der Waals surface area contributed by atoms with Crippen molar-refractivity contribution < 1.29 is 0 Å². The van der Waals surface area contributed by atoms with Crippen molar-refractivity contribution in [1.82, 2.24) is 0 Å². The Balaban J connectivity index is 2.13. The molecule has 0 atom stereocenters.